The molecule has 1 aliphatic rings. The Morgan fingerprint density at radius 2 is 2.21 bits per heavy atom. The van der Waals surface area contributed by atoms with Gasteiger partial charge in [0.05, 0.1) is 0 Å². The van der Waals surface area contributed by atoms with Gasteiger partial charge < -0.3 is 5.73 Å². The monoisotopic (exact) mass is 193 g/mol. The maximum atomic E-state index is 6.21. The fourth-order valence-electron chi connectivity index (χ4n) is 2.77. The lowest BCUT2D eigenvalue weighted by atomic mass is 9.65. The van der Waals surface area contributed by atoms with Crippen LogP contribution in [-0.4, -0.2) is 6.04 Å². The number of hydrogen-bond donors (Lipinski definition) is 1. The number of hydrogen-bond acceptors (Lipinski definition) is 1. The van der Waals surface area contributed by atoms with Crippen molar-refractivity contribution >= 4 is 0 Å². The van der Waals surface area contributed by atoms with E-state index >= 15 is 0 Å². The first-order valence-corrected chi connectivity index (χ1v) is 5.77. The Bertz CT molecular complexity index is 212. The van der Waals surface area contributed by atoms with Gasteiger partial charge in [0.2, 0.25) is 0 Å². The highest BCUT2D eigenvalue weighted by atomic mass is 14.7. The summed E-state index contributed by atoms with van der Waals surface area (Å²) in [5.74, 6) is 3.36. The summed E-state index contributed by atoms with van der Waals surface area (Å²) in [5, 5.41) is 0. The second kappa shape index (κ2) is 4.84. The van der Waals surface area contributed by atoms with E-state index in [2.05, 4.69) is 19.8 Å². The SMILES string of the molecule is C#CCCC(N)C1CCCCC1(C)C. The lowest BCUT2D eigenvalue weighted by molar-refractivity contribution is 0.110. The molecule has 80 valence electrons. The molecule has 2 N–H and O–H groups in total. The first kappa shape index (κ1) is 11.6. The molecule has 1 rings (SSSR count). The summed E-state index contributed by atoms with van der Waals surface area (Å²) in [6.07, 6.45) is 12.4. The highest BCUT2D eigenvalue weighted by Gasteiger charge is 2.35. The van der Waals surface area contributed by atoms with Crippen molar-refractivity contribution in [3.8, 4) is 12.3 Å². The van der Waals surface area contributed by atoms with Gasteiger partial charge in [-0.2, -0.15) is 0 Å². The van der Waals surface area contributed by atoms with Crippen LogP contribution in [0.4, 0.5) is 0 Å². The molecule has 1 aliphatic carbocycles. The van der Waals surface area contributed by atoms with Crippen LogP contribution in [0, 0.1) is 23.7 Å². The lowest BCUT2D eigenvalue weighted by Gasteiger charge is -2.42. The Morgan fingerprint density at radius 3 is 2.79 bits per heavy atom. The molecule has 0 aromatic carbocycles. The van der Waals surface area contributed by atoms with Crippen LogP contribution in [0.5, 0.6) is 0 Å². The molecule has 14 heavy (non-hydrogen) atoms. The standard InChI is InChI=1S/C13H23N/c1-4-5-9-12(14)11-8-6-7-10-13(11,2)3/h1,11-12H,5-10,14H2,2-3H3. The molecule has 0 aliphatic heterocycles. The second-order valence-electron chi connectivity index (χ2n) is 5.25. The zero-order chi connectivity index (χ0) is 10.6. The molecule has 0 aromatic rings. The van der Waals surface area contributed by atoms with Crippen molar-refractivity contribution in [3.05, 3.63) is 0 Å². The van der Waals surface area contributed by atoms with Crippen molar-refractivity contribution in [2.24, 2.45) is 17.1 Å². The fourth-order valence-corrected chi connectivity index (χ4v) is 2.77. The van der Waals surface area contributed by atoms with Gasteiger partial charge in [-0.15, -0.1) is 12.3 Å². The van der Waals surface area contributed by atoms with Crippen molar-refractivity contribution in [1.29, 1.82) is 0 Å². The van der Waals surface area contributed by atoms with E-state index < -0.39 is 0 Å². The molecule has 0 bridgehead atoms. The van der Waals surface area contributed by atoms with Crippen molar-refractivity contribution in [2.75, 3.05) is 0 Å². The van der Waals surface area contributed by atoms with E-state index in [1.807, 2.05) is 0 Å². The normalized spacial score (nSPS) is 28.0. The van der Waals surface area contributed by atoms with Crippen LogP contribution in [0.1, 0.15) is 52.4 Å². The lowest BCUT2D eigenvalue weighted by Crippen LogP contribution is -2.41. The van der Waals surface area contributed by atoms with Crippen LogP contribution in [0.3, 0.4) is 0 Å². The Hall–Kier alpha value is -0.480. The minimum atomic E-state index is 0.307. The van der Waals surface area contributed by atoms with Crippen molar-refractivity contribution in [3.63, 3.8) is 0 Å². The van der Waals surface area contributed by atoms with Gasteiger partial charge in [-0.05, 0) is 30.6 Å². The van der Waals surface area contributed by atoms with Crippen LogP contribution in [0.15, 0.2) is 0 Å². The Balaban J connectivity index is 2.51. The van der Waals surface area contributed by atoms with Gasteiger partial charge in [-0.1, -0.05) is 26.7 Å². The highest BCUT2D eigenvalue weighted by molar-refractivity contribution is 4.92. The first-order chi connectivity index (χ1) is 6.58. The average molecular weight is 193 g/mol. The highest BCUT2D eigenvalue weighted by Crippen LogP contribution is 2.42. The average Bonchev–Trinajstić information content (AvgIpc) is 2.13. The Kier molecular flexibility index (Phi) is 4.01. The Morgan fingerprint density at radius 1 is 1.50 bits per heavy atom. The molecule has 1 fully saturated rings. The van der Waals surface area contributed by atoms with E-state index in [9.17, 15) is 0 Å². The summed E-state index contributed by atoms with van der Waals surface area (Å²) in [5.41, 5.74) is 6.64. The maximum absolute atomic E-state index is 6.21. The van der Waals surface area contributed by atoms with Crippen LogP contribution in [0.2, 0.25) is 0 Å². The molecule has 1 nitrogen and oxygen atoms in total. The second-order valence-corrected chi connectivity index (χ2v) is 5.25. The summed E-state index contributed by atoms with van der Waals surface area (Å²) >= 11 is 0. The minimum Gasteiger partial charge on any atom is -0.327 e. The molecular formula is C13H23N. The van der Waals surface area contributed by atoms with Gasteiger partial charge in [-0.25, -0.2) is 0 Å². The third-order valence-electron chi connectivity index (χ3n) is 3.73. The summed E-state index contributed by atoms with van der Waals surface area (Å²) in [7, 11) is 0. The summed E-state index contributed by atoms with van der Waals surface area (Å²) in [6.45, 7) is 4.71. The summed E-state index contributed by atoms with van der Waals surface area (Å²) < 4.78 is 0. The third-order valence-corrected chi connectivity index (χ3v) is 3.73. The van der Waals surface area contributed by atoms with E-state index in [0.29, 0.717) is 17.4 Å². The van der Waals surface area contributed by atoms with E-state index in [1.165, 1.54) is 25.7 Å². The topological polar surface area (TPSA) is 26.0 Å². The molecular weight excluding hydrogens is 170 g/mol. The van der Waals surface area contributed by atoms with Crippen LogP contribution in [0.25, 0.3) is 0 Å². The molecule has 2 unspecified atom stereocenters. The van der Waals surface area contributed by atoms with Gasteiger partial charge in [0.15, 0.2) is 0 Å². The zero-order valence-corrected chi connectivity index (χ0v) is 9.55. The van der Waals surface area contributed by atoms with E-state index in [1.54, 1.807) is 0 Å². The van der Waals surface area contributed by atoms with Crippen LogP contribution < -0.4 is 5.73 Å². The Labute approximate surface area is 88.5 Å². The molecule has 1 saturated carbocycles. The smallest absolute Gasteiger partial charge is 0.0101 e. The molecule has 2 atom stereocenters. The molecule has 0 aromatic heterocycles. The largest absolute Gasteiger partial charge is 0.327 e. The molecule has 0 spiro atoms. The van der Waals surface area contributed by atoms with Gasteiger partial charge in [0, 0.05) is 12.5 Å². The van der Waals surface area contributed by atoms with E-state index in [0.717, 1.165) is 12.8 Å². The molecule has 0 radical (unpaired) electrons. The van der Waals surface area contributed by atoms with Gasteiger partial charge >= 0.3 is 0 Å². The van der Waals surface area contributed by atoms with Gasteiger partial charge in [0.25, 0.3) is 0 Å². The van der Waals surface area contributed by atoms with Crippen molar-refractivity contribution < 1.29 is 0 Å². The maximum Gasteiger partial charge on any atom is 0.0101 e. The predicted octanol–water partition coefficient (Wildman–Crippen LogP) is 2.94. The third kappa shape index (κ3) is 2.75. The predicted molar refractivity (Wildman–Crippen MR) is 61.8 cm³/mol. The minimum absolute atomic E-state index is 0.307. The molecule has 0 amide bonds. The van der Waals surface area contributed by atoms with Gasteiger partial charge in [-0.3, -0.25) is 0 Å². The number of nitrogens with two attached hydrogens (primary N) is 1. The van der Waals surface area contributed by atoms with E-state index in [-0.39, 0.29) is 0 Å². The first-order valence-electron chi connectivity index (χ1n) is 5.77. The number of terminal acetylenes is 1. The molecule has 1 heteroatoms. The van der Waals surface area contributed by atoms with E-state index in [4.69, 9.17) is 12.2 Å². The number of rotatable bonds is 3. The summed E-state index contributed by atoms with van der Waals surface area (Å²) in [4.78, 5) is 0. The van der Waals surface area contributed by atoms with Crippen molar-refractivity contribution in [2.45, 2.75) is 58.4 Å². The molecule has 0 heterocycles. The fraction of sp³-hybridized carbons (Fsp3) is 0.846. The molecule has 0 saturated heterocycles. The zero-order valence-electron chi connectivity index (χ0n) is 9.55. The van der Waals surface area contributed by atoms with Crippen LogP contribution >= 0.6 is 0 Å². The van der Waals surface area contributed by atoms with Gasteiger partial charge in [0.1, 0.15) is 0 Å². The summed E-state index contributed by atoms with van der Waals surface area (Å²) in [6, 6.07) is 0.307. The van der Waals surface area contributed by atoms with Crippen molar-refractivity contribution in [1.82, 2.24) is 0 Å². The quantitative estimate of drug-likeness (QED) is 0.685. The van der Waals surface area contributed by atoms with Crippen LogP contribution in [-0.2, 0) is 0 Å².